The van der Waals surface area contributed by atoms with E-state index in [9.17, 15) is 17.6 Å². The van der Waals surface area contributed by atoms with Crippen molar-refractivity contribution in [2.75, 3.05) is 23.1 Å². The van der Waals surface area contributed by atoms with E-state index in [0.29, 0.717) is 42.7 Å². The van der Waals surface area contributed by atoms with Crippen LogP contribution in [0.25, 0.3) is 0 Å². The molecule has 2 aromatic rings. The number of hydrogen-bond acceptors (Lipinski definition) is 3. The molecule has 1 fully saturated rings. The van der Waals surface area contributed by atoms with Crippen LogP contribution in [0, 0.1) is 5.82 Å². The molecule has 0 spiro atoms. The summed E-state index contributed by atoms with van der Waals surface area (Å²) in [7, 11) is -3.32. The van der Waals surface area contributed by atoms with Gasteiger partial charge in [0, 0.05) is 18.7 Å². The molecule has 0 aromatic heterocycles. The number of hydrogen-bond donors (Lipinski definition) is 1. The Morgan fingerprint density at radius 3 is 2.69 bits per heavy atom. The molecule has 138 valence electrons. The fraction of sp³-hybridized carbons (Fsp3) is 0.316. The second kappa shape index (κ2) is 7.86. The van der Waals surface area contributed by atoms with Crippen molar-refractivity contribution in [3.05, 3.63) is 65.5 Å². The zero-order chi connectivity index (χ0) is 18.6. The van der Waals surface area contributed by atoms with Crippen molar-refractivity contribution in [2.45, 2.75) is 19.3 Å². The van der Waals surface area contributed by atoms with Crippen LogP contribution in [0.1, 0.15) is 28.8 Å². The van der Waals surface area contributed by atoms with E-state index in [1.165, 1.54) is 10.4 Å². The Bertz CT molecular complexity index is 899. The van der Waals surface area contributed by atoms with Gasteiger partial charge >= 0.3 is 0 Å². The molecule has 1 aliphatic rings. The lowest BCUT2D eigenvalue weighted by atomic mass is 10.1. The van der Waals surface area contributed by atoms with Crippen LogP contribution in [0.2, 0.25) is 0 Å². The zero-order valence-corrected chi connectivity index (χ0v) is 15.1. The highest BCUT2D eigenvalue weighted by molar-refractivity contribution is 7.92. The number of benzene rings is 2. The Morgan fingerprint density at radius 1 is 1.12 bits per heavy atom. The second-order valence-corrected chi connectivity index (χ2v) is 8.26. The van der Waals surface area contributed by atoms with Crippen molar-refractivity contribution in [2.24, 2.45) is 0 Å². The minimum absolute atomic E-state index is 0.131. The van der Waals surface area contributed by atoms with Crippen molar-refractivity contribution >= 4 is 21.6 Å². The molecule has 0 unspecified atom stereocenters. The summed E-state index contributed by atoms with van der Waals surface area (Å²) in [6.45, 7) is 0.729. The third kappa shape index (κ3) is 4.22. The van der Waals surface area contributed by atoms with Gasteiger partial charge in [0.2, 0.25) is 10.0 Å². The quantitative estimate of drug-likeness (QED) is 0.873. The average molecular weight is 376 g/mol. The van der Waals surface area contributed by atoms with Gasteiger partial charge in [-0.3, -0.25) is 9.10 Å². The molecule has 2 aromatic carbocycles. The molecule has 3 rings (SSSR count). The first-order chi connectivity index (χ1) is 12.5. The van der Waals surface area contributed by atoms with Crippen LogP contribution in [-0.2, 0) is 16.4 Å². The van der Waals surface area contributed by atoms with Gasteiger partial charge in [0.05, 0.1) is 11.4 Å². The molecule has 5 nitrogen and oxygen atoms in total. The number of nitrogens with zero attached hydrogens (tertiary/aromatic N) is 1. The Kier molecular flexibility index (Phi) is 5.56. The summed E-state index contributed by atoms with van der Waals surface area (Å²) in [6, 6.07) is 13.0. The third-order valence-electron chi connectivity index (χ3n) is 4.38. The molecule has 1 aliphatic heterocycles. The van der Waals surface area contributed by atoms with Crippen LogP contribution in [0.3, 0.4) is 0 Å². The fourth-order valence-electron chi connectivity index (χ4n) is 3.00. The van der Waals surface area contributed by atoms with E-state index in [-0.39, 0.29) is 17.5 Å². The molecule has 0 atom stereocenters. The highest BCUT2D eigenvalue weighted by Gasteiger charge is 2.26. The van der Waals surface area contributed by atoms with Gasteiger partial charge in [-0.25, -0.2) is 12.8 Å². The molecule has 26 heavy (non-hydrogen) atoms. The van der Waals surface area contributed by atoms with Gasteiger partial charge in [-0.2, -0.15) is 0 Å². The highest BCUT2D eigenvalue weighted by Crippen LogP contribution is 2.24. The van der Waals surface area contributed by atoms with E-state index in [2.05, 4.69) is 5.32 Å². The lowest BCUT2D eigenvalue weighted by Gasteiger charge is -2.28. The van der Waals surface area contributed by atoms with Crippen LogP contribution in [-0.4, -0.2) is 33.2 Å². The molecule has 0 saturated carbocycles. The van der Waals surface area contributed by atoms with Crippen LogP contribution < -0.4 is 9.62 Å². The van der Waals surface area contributed by atoms with Gasteiger partial charge in [0.1, 0.15) is 5.82 Å². The van der Waals surface area contributed by atoms with Gasteiger partial charge in [-0.05, 0) is 49.1 Å². The molecule has 1 heterocycles. The summed E-state index contributed by atoms with van der Waals surface area (Å²) in [5, 5.41) is 2.75. The summed E-state index contributed by atoms with van der Waals surface area (Å²) in [5.74, 6) is -0.469. The number of anilines is 1. The predicted molar refractivity (Wildman–Crippen MR) is 99.2 cm³/mol. The van der Waals surface area contributed by atoms with Crippen LogP contribution in [0.5, 0.6) is 0 Å². The van der Waals surface area contributed by atoms with Crippen molar-refractivity contribution < 1.29 is 17.6 Å². The van der Waals surface area contributed by atoms with E-state index in [4.69, 9.17) is 0 Å². The van der Waals surface area contributed by atoms with Gasteiger partial charge in [0.25, 0.3) is 5.91 Å². The summed E-state index contributed by atoms with van der Waals surface area (Å²) in [6.07, 6.45) is 1.85. The molecule has 0 aliphatic carbocycles. The third-order valence-corrected chi connectivity index (χ3v) is 6.25. The minimum atomic E-state index is -3.32. The minimum Gasteiger partial charge on any atom is -0.352 e. The Hall–Kier alpha value is -2.41. The number of amides is 1. The smallest absolute Gasteiger partial charge is 0.251 e. The SMILES string of the molecule is O=C(NCCc1ccccc1F)c1cccc(N2CCCCS2(=O)=O)c1. The molecule has 0 radical (unpaired) electrons. The molecular weight excluding hydrogens is 355 g/mol. The maximum absolute atomic E-state index is 13.6. The van der Waals surface area contributed by atoms with Crippen molar-refractivity contribution in [3.8, 4) is 0 Å². The number of carbonyl (C=O) groups is 1. The first-order valence-corrected chi connectivity index (χ1v) is 10.2. The van der Waals surface area contributed by atoms with Crippen LogP contribution >= 0.6 is 0 Å². The molecule has 1 amide bonds. The normalized spacial score (nSPS) is 16.3. The molecule has 1 N–H and O–H groups in total. The van der Waals surface area contributed by atoms with Gasteiger partial charge in [-0.1, -0.05) is 24.3 Å². The zero-order valence-electron chi connectivity index (χ0n) is 14.3. The first kappa shape index (κ1) is 18.4. The van der Waals surface area contributed by atoms with Gasteiger partial charge in [0.15, 0.2) is 0 Å². The molecular formula is C19H21FN2O3S. The summed E-state index contributed by atoms with van der Waals surface area (Å²) in [4.78, 5) is 12.3. The summed E-state index contributed by atoms with van der Waals surface area (Å²) in [5.41, 5.74) is 1.43. The maximum Gasteiger partial charge on any atom is 0.251 e. The topological polar surface area (TPSA) is 66.5 Å². The number of sulfonamides is 1. The summed E-state index contributed by atoms with van der Waals surface area (Å²) >= 11 is 0. The van der Waals surface area contributed by atoms with Gasteiger partial charge < -0.3 is 5.32 Å². The van der Waals surface area contributed by atoms with Gasteiger partial charge in [-0.15, -0.1) is 0 Å². The van der Waals surface area contributed by atoms with Crippen molar-refractivity contribution in [3.63, 3.8) is 0 Å². The first-order valence-electron chi connectivity index (χ1n) is 8.59. The van der Waals surface area contributed by atoms with Crippen LogP contribution in [0.4, 0.5) is 10.1 Å². The predicted octanol–water partition coefficient (Wildman–Crippen LogP) is 2.73. The van der Waals surface area contributed by atoms with Crippen LogP contribution in [0.15, 0.2) is 48.5 Å². The number of rotatable bonds is 5. The largest absolute Gasteiger partial charge is 0.352 e. The second-order valence-electron chi connectivity index (χ2n) is 6.24. The maximum atomic E-state index is 13.6. The molecule has 0 bridgehead atoms. The van der Waals surface area contributed by atoms with E-state index in [0.717, 1.165) is 6.42 Å². The van der Waals surface area contributed by atoms with E-state index >= 15 is 0 Å². The fourth-order valence-corrected chi connectivity index (χ4v) is 4.63. The van der Waals surface area contributed by atoms with Crippen molar-refractivity contribution in [1.82, 2.24) is 5.32 Å². The van der Waals surface area contributed by atoms with Crippen molar-refractivity contribution in [1.29, 1.82) is 0 Å². The number of halogens is 1. The highest BCUT2D eigenvalue weighted by atomic mass is 32.2. The number of nitrogens with one attached hydrogen (secondary N) is 1. The molecule has 7 heteroatoms. The lowest BCUT2D eigenvalue weighted by molar-refractivity contribution is 0.0954. The average Bonchev–Trinajstić information content (AvgIpc) is 2.63. The van der Waals surface area contributed by atoms with E-state index in [1.807, 2.05) is 0 Å². The summed E-state index contributed by atoms with van der Waals surface area (Å²) < 4.78 is 39.4. The molecule has 1 saturated heterocycles. The standard InChI is InChI=1S/C19H21FN2O3S/c20-18-9-2-1-6-15(18)10-11-21-19(23)16-7-5-8-17(14-16)22-12-3-4-13-26(22,24)25/h1-2,5-9,14H,3-4,10-13H2,(H,21,23). The number of carbonyl (C=O) groups excluding carboxylic acids is 1. The monoisotopic (exact) mass is 376 g/mol. The Morgan fingerprint density at radius 2 is 1.92 bits per heavy atom. The van der Waals surface area contributed by atoms with E-state index < -0.39 is 10.0 Å². The lowest BCUT2D eigenvalue weighted by Crippen LogP contribution is -2.38. The Labute approximate surface area is 152 Å². The Balaban J connectivity index is 1.66. The van der Waals surface area contributed by atoms with E-state index in [1.54, 1.807) is 42.5 Å².